The van der Waals surface area contributed by atoms with Gasteiger partial charge in [-0.25, -0.2) is 0 Å². The minimum absolute atomic E-state index is 0. The Morgan fingerprint density at radius 1 is 1.31 bits per heavy atom. The molecule has 1 heterocycles. The summed E-state index contributed by atoms with van der Waals surface area (Å²) < 4.78 is 0. The lowest BCUT2D eigenvalue weighted by Crippen LogP contribution is -2.49. The number of piperazine rings is 1. The van der Waals surface area contributed by atoms with Crippen LogP contribution in [0.5, 0.6) is 0 Å². The molecule has 0 radical (unpaired) electrons. The van der Waals surface area contributed by atoms with E-state index < -0.39 is 0 Å². The van der Waals surface area contributed by atoms with Crippen LogP contribution in [0.3, 0.4) is 0 Å². The van der Waals surface area contributed by atoms with Crippen LogP contribution >= 0.6 is 24.8 Å². The third-order valence-electron chi connectivity index (χ3n) is 2.35. The summed E-state index contributed by atoms with van der Waals surface area (Å²) in [6.07, 6.45) is 1.05. The first kappa shape index (κ1) is 15.9. The van der Waals surface area contributed by atoms with Gasteiger partial charge < -0.3 is 10.4 Å². The Balaban J connectivity index is 0. The standard InChI is InChI=1S/C8H18N2O.2ClH/c1-2-8(7-11)10-5-3-9-4-6-10;;/h8-9,11H,2-7H2,1H3;2*1H. The smallest absolute Gasteiger partial charge is 0.0586 e. The zero-order valence-corrected chi connectivity index (χ0v) is 9.66. The quantitative estimate of drug-likeness (QED) is 0.742. The summed E-state index contributed by atoms with van der Waals surface area (Å²) in [5, 5.41) is 12.3. The average Bonchev–Trinajstić information content (AvgIpc) is 2.09. The summed E-state index contributed by atoms with van der Waals surface area (Å²) >= 11 is 0. The van der Waals surface area contributed by atoms with Crippen molar-refractivity contribution in [1.82, 2.24) is 10.2 Å². The Labute approximate surface area is 92.7 Å². The molecule has 1 saturated heterocycles. The van der Waals surface area contributed by atoms with Gasteiger partial charge in [0.2, 0.25) is 0 Å². The molecule has 0 saturated carbocycles. The van der Waals surface area contributed by atoms with Gasteiger partial charge in [0.25, 0.3) is 0 Å². The van der Waals surface area contributed by atoms with Crippen molar-refractivity contribution in [2.45, 2.75) is 19.4 Å². The number of hydrogen-bond acceptors (Lipinski definition) is 3. The molecule has 1 fully saturated rings. The van der Waals surface area contributed by atoms with E-state index in [4.69, 9.17) is 5.11 Å². The van der Waals surface area contributed by atoms with Gasteiger partial charge in [-0.2, -0.15) is 0 Å². The van der Waals surface area contributed by atoms with Crippen molar-refractivity contribution in [2.75, 3.05) is 32.8 Å². The maximum atomic E-state index is 9.02. The zero-order valence-electron chi connectivity index (χ0n) is 8.03. The van der Waals surface area contributed by atoms with E-state index in [9.17, 15) is 0 Å². The van der Waals surface area contributed by atoms with Gasteiger partial charge >= 0.3 is 0 Å². The highest BCUT2D eigenvalue weighted by molar-refractivity contribution is 5.85. The number of halogens is 2. The number of nitrogens with one attached hydrogen (secondary N) is 1. The van der Waals surface area contributed by atoms with Crippen LogP contribution in [0.15, 0.2) is 0 Å². The topological polar surface area (TPSA) is 35.5 Å². The molecule has 0 aromatic rings. The summed E-state index contributed by atoms with van der Waals surface area (Å²) in [5.41, 5.74) is 0. The lowest BCUT2D eigenvalue weighted by molar-refractivity contribution is 0.108. The second-order valence-electron chi connectivity index (χ2n) is 3.03. The molecule has 0 amide bonds. The molecule has 1 atom stereocenters. The molecule has 1 unspecified atom stereocenters. The Kier molecular flexibility index (Phi) is 11.1. The fourth-order valence-corrected chi connectivity index (χ4v) is 1.55. The molecule has 3 nitrogen and oxygen atoms in total. The molecule has 5 heteroatoms. The van der Waals surface area contributed by atoms with Crippen molar-refractivity contribution >= 4 is 24.8 Å². The molecular weight excluding hydrogens is 211 g/mol. The monoisotopic (exact) mass is 230 g/mol. The summed E-state index contributed by atoms with van der Waals surface area (Å²) in [4.78, 5) is 2.36. The van der Waals surface area contributed by atoms with E-state index >= 15 is 0 Å². The van der Waals surface area contributed by atoms with Gasteiger partial charge in [0.05, 0.1) is 6.61 Å². The molecule has 1 aliphatic rings. The lowest BCUT2D eigenvalue weighted by atomic mass is 10.2. The minimum Gasteiger partial charge on any atom is -0.395 e. The van der Waals surface area contributed by atoms with Crippen LogP contribution < -0.4 is 5.32 Å². The van der Waals surface area contributed by atoms with Crippen LogP contribution in [0, 0.1) is 0 Å². The summed E-state index contributed by atoms with van der Waals surface area (Å²) in [5.74, 6) is 0. The Hall–Kier alpha value is 0.460. The Bertz CT molecular complexity index is 106. The van der Waals surface area contributed by atoms with Crippen molar-refractivity contribution in [1.29, 1.82) is 0 Å². The van der Waals surface area contributed by atoms with Gasteiger partial charge in [-0.15, -0.1) is 24.8 Å². The van der Waals surface area contributed by atoms with Crippen LogP contribution in [0.4, 0.5) is 0 Å². The van der Waals surface area contributed by atoms with Crippen LogP contribution in [0.2, 0.25) is 0 Å². The van der Waals surface area contributed by atoms with Crippen LogP contribution in [-0.4, -0.2) is 48.8 Å². The predicted molar refractivity (Wildman–Crippen MR) is 60.1 cm³/mol. The molecule has 82 valence electrons. The van der Waals surface area contributed by atoms with E-state index in [-0.39, 0.29) is 24.8 Å². The number of aliphatic hydroxyl groups is 1. The summed E-state index contributed by atoms with van der Waals surface area (Å²) in [6.45, 7) is 6.73. The van der Waals surface area contributed by atoms with E-state index in [2.05, 4.69) is 17.1 Å². The third-order valence-corrected chi connectivity index (χ3v) is 2.35. The fourth-order valence-electron chi connectivity index (χ4n) is 1.55. The van der Waals surface area contributed by atoms with Gasteiger partial charge in [0, 0.05) is 32.2 Å². The van der Waals surface area contributed by atoms with E-state index in [1.54, 1.807) is 0 Å². The Morgan fingerprint density at radius 3 is 2.23 bits per heavy atom. The van der Waals surface area contributed by atoms with Crippen molar-refractivity contribution in [3.05, 3.63) is 0 Å². The average molecular weight is 231 g/mol. The molecule has 0 aromatic carbocycles. The summed E-state index contributed by atoms with van der Waals surface area (Å²) in [7, 11) is 0. The fraction of sp³-hybridized carbons (Fsp3) is 1.00. The maximum absolute atomic E-state index is 9.02. The lowest BCUT2D eigenvalue weighted by Gasteiger charge is -2.33. The second kappa shape index (κ2) is 9.03. The molecule has 0 aromatic heterocycles. The van der Waals surface area contributed by atoms with Crippen LogP contribution in [-0.2, 0) is 0 Å². The van der Waals surface area contributed by atoms with E-state index in [0.717, 1.165) is 32.6 Å². The first-order valence-corrected chi connectivity index (χ1v) is 4.44. The summed E-state index contributed by atoms with van der Waals surface area (Å²) in [6, 6.07) is 0.386. The maximum Gasteiger partial charge on any atom is 0.0586 e. The van der Waals surface area contributed by atoms with E-state index in [1.165, 1.54) is 0 Å². The highest BCUT2D eigenvalue weighted by atomic mass is 35.5. The van der Waals surface area contributed by atoms with Gasteiger partial charge in [0.15, 0.2) is 0 Å². The van der Waals surface area contributed by atoms with E-state index in [0.29, 0.717) is 12.6 Å². The van der Waals surface area contributed by atoms with E-state index in [1.807, 2.05) is 0 Å². The Morgan fingerprint density at radius 2 is 1.85 bits per heavy atom. The van der Waals surface area contributed by atoms with Gasteiger partial charge in [-0.05, 0) is 6.42 Å². The zero-order chi connectivity index (χ0) is 8.10. The van der Waals surface area contributed by atoms with Gasteiger partial charge in [-0.3, -0.25) is 4.90 Å². The number of rotatable bonds is 3. The highest BCUT2D eigenvalue weighted by Gasteiger charge is 2.17. The first-order chi connectivity index (χ1) is 5.38. The minimum atomic E-state index is 0. The predicted octanol–water partition coefficient (Wildman–Crippen LogP) is 0.506. The van der Waals surface area contributed by atoms with Gasteiger partial charge in [-0.1, -0.05) is 6.92 Å². The third kappa shape index (κ3) is 5.03. The normalized spacial score (nSPS) is 19.8. The highest BCUT2D eigenvalue weighted by Crippen LogP contribution is 2.03. The van der Waals surface area contributed by atoms with Crippen molar-refractivity contribution in [3.8, 4) is 0 Å². The molecule has 2 N–H and O–H groups in total. The number of nitrogens with zero attached hydrogens (tertiary/aromatic N) is 1. The molecule has 13 heavy (non-hydrogen) atoms. The number of hydrogen-bond donors (Lipinski definition) is 2. The van der Waals surface area contributed by atoms with Crippen molar-refractivity contribution in [3.63, 3.8) is 0 Å². The van der Waals surface area contributed by atoms with Crippen LogP contribution in [0.25, 0.3) is 0 Å². The second-order valence-corrected chi connectivity index (χ2v) is 3.03. The van der Waals surface area contributed by atoms with Crippen molar-refractivity contribution in [2.24, 2.45) is 0 Å². The molecular formula is C8H20Cl2N2O. The SMILES string of the molecule is CCC(CO)N1CCNCC1.Cl.Cl. The molecule has 1 rings (SSSR count). The van der Waals surface area contributed by atoms with Gasteiger partial charge in [0.1, 0.15) is 0 Å². The first-order valence-electron chi connectivity index (χ1n) is 4.44. The molecule has 0 aliphatic carbocycles. The van der Waals surface area contributed by atoms with Crippen LogP contribution in [0.1, 0.15) is 13.3 Å². The number of aliphatic hydroxyl groups excluding tert-OH is 1. The van der Waals surface area contributed by atoms with Crippen molar-refractivity contribution < 1.29 is 5.11 Å². The largest absolute Gasteiger partial charge is 0.395 e. The molecule has 1 aliphatic heterocycles. The molecule has 0 spiro atoms. The molecule has 0 bridgehead atoms.